The number of hydrogen-bond donors (Lipinski definition) is 0. The van der Waals surface area contributed by atoms with Crippen molar-refractivity contribution in [1.29, 1.82) is 0 Å². The van der Waals surface area contributed by atoms with E-state index in [9.17, 15) is 4.79 Å². The molecule has 0 radical (unpaired) electrons. The Balaban J connectivity index is 2.42. The van der Waals surface area contributed by atoms with Gasteiger partial charge in [-0.05, 0) is 34.7 Å². The van der Waals surface area contributed by atoms with Gasteiger partial charge < -0.3 is 9.47 Å². The fourth-order valence-electron chi connectivity index (χ4n) is 1.58. The molecule has 1 aromatic carbocycles. The number of thiophene rings is 1. The molecule has 0 aliphatic rings. The monoisotopic (exact) mass is 248 g/mol. The van der Waals surface area contributed by atoms with Crippen LogP contribution in [0.4, 0.5) is 0 Å². The Labute approximate surface area is 104 Å². The van der Waals surface area contributed by atoms with E-state index in [1.54, 1.807) is 14.2 Å². The lowest BCUT2D eigenvalue weighted by molar-refractivity contribution is 0.112. The van der Waals surface area contributed by atoms with Crippen LogP contribution in [-0.2, 0) is 0 Å². The van der Waals surface area contributed by atoms with Crippen molar-refractivity contribution in [3.8, 4) is 22.6 Å². The molecule has 0 N–H and O–H groups in total. The molecule has 4 heteroatoms. The lowest BCUT2D eigenvalue weighted by Gasteiger charge is -2.08. The van der Waals surface area contributed by atoms with Crippen molar-refractivity contribution in [2.75, 3.05) is 14.2 Å². The Morgan fingerprint density at radius 2 is 1.82 bits per heavy atom. The van der Waals surface area contributed by atoms with E-state index in [2.05, 4.69) is 0 Å². The molecule has 0 unspecified atom stereocenters. The summed E-state index contributed by atoms with van der Waals surface area (Å²) in [5.41, 5.74) is 2.02. The van der Waals surface area contributed by atoms with Gasteiger partial charge >= 0.3 is 0 Å². The van der Waals surface area contributed by atoms with E-state index >= 15 is 0 Å². The van der Waals surface area contributed by atoms with Crippen LogP contribution in [0.3, 0.4) is 0 Å². The third-order valence-corrected chi connectivity index (χ3v) is 3.31. The minimum Gasteiger partial charge on any atom is -0.493 e. The third-order valence-electron chi connectivity index (χ3n) is 2.45. The van der Waals surface area contributed by atoms with Crippen molar-refractivity contribution in [2.45, 2.75) is 0 Å². The molecule has 0 saturated carbocycles. The highest BCUT2D eigenvalue weighted by Gasteiger charge is 2.07. The molecule has 0 aliphatic heterocycles. The number of benzene rings is 1. The zero-order chi connectivity index (χ0) is 12.3. The van der Waals surface area contributed by atoms with Crippen LogP contribution in [0, 0.1) is 0 Å². The molecule has 0 saturated heterocycles. The molecule has 2 rings (SSSR count). The van der Waals surface area contributed by atoms with Crippen molar-refractivity contribution in [3.63, 3.8) is 0 Å². The number of methoxy groups -OCH3 is 2. The summed E-state index contributed by atoms with van der Waals surface area (Å²) in [6.07, 6.45) is 0.856. The summed E-state index contributed by atoms with van der Waals surface area (Å²) in [4.78, 5) is 11.4. The molecule has 1 heterocycles. The predicted molar refractivity (Wildman–Crippen MR) is 68.2 cm³/mol. The van der Waals surface area contributed by atoms with E-state index in [0.29, 0.717) is 11.5 Å². The van der Waals surface area contributed by atoms with Gasteiger partial charge in [-0.1, -0.05) is 6.07 Å². The van der Waals surface area contributed by atoms with Gasteiger partial charge in [0, 0.05) is 0 Å². The Morgan fingerprint density at radius 1 is 1.06 bits per heavy atom. The summed E-state index contributed by atoms with van der Waals surface area (Å²) in [6.45, 7) is 0. The van der Waals surface area contributed by atoms with Crippen LogP contribution >= 0.6 is 11.3 Å². The van der Waals surface area contributed by atoms with E-state index in [1.165, 1.54) is 11.3 Å². The Bertz CT molecular complexity index is 531. The highest BCUT2D eigenvalue weighted by atomic mass is 32.1. The fourth-order valence-corrected chi connectivity index (χ4v) is 2.30. The van der Waals surface area contributed by atoms with Crippen LogP contribution in [0.5, 0.6) is 11.5 Å². The lowest BCUT2D eigenvalue weighted by Crippen LogP contribution is -1.90. The highest BCUT2D eigenvalue weighted by molar-refractivity contribution is 7.12. The van der Waals surface area contributed by atoms with Crippen LogP contribution in [0.15, 0.2) is 29.6 Å². The Morgan fingerprint density at radius 3 is 2.41 bits per heavy atom. The molecule has 2 aromatic rings. The molecule has 0 aliphatic carbocycles. The summed E-state index contributed by atoms with van der Waals surface area (Å²) in [6, 6.07) is 7.55. The average Bonchev–Trinajstić information content (AvgIpc) is 2.86. The Hall–Kier alpha value is -1.81. The van der Waals surface area contributed by atoms with Crippen LogP contribution in [-0.4, -0.2) is 20.5 Å². The van der Waals surface area contributed by atoms with Gasteiger partial charge in [0.15, 0.2) is 17.8 Å². The molecule has 0 spiro atoms. The van der Waals surface area contributed by atoms with Gasteiger partial charge in [-0.15, -0.1) is 11.3 Å². The second kappa shape index (κ2) is 5.01. The van der Waals surface area contributed by atoms with Gasteiger partial charge in [-0.2, -0.15) is 0 Å². The summed E-state index contributed by atoms with van der Waals surface area (Å²) in [5, 5.41) is 1.95. The minimum absolute atomic E-state index is 0.684. The molecule has 1 aromatic heterocycles. The van der Waals surface area contributed by atoms with E-state index < -0.39 is 0 Å². The second-order valence-corrected chi connectivity index (χ2v) is 4.37. The van der Waals surface area contributed by atoms with Gasteiger partial charge in [0.05, 0.1) is 19.1 Å². The first-order valence-corrected chi connectivity index (χ1v) is 5.92. The maximum Gasteiger partial charge on any atom is 0.161 e. The van der Waals surface area contributed by atoms with Crippen molar-refractivity contribution in [3.05, 3.63) is 34.5 Å². The molecule has 88 valence electrons. The van der Waals surface area contributed by atoms with Crippen LogP contribution in [0.1, 0.15) is 9.67 Å². The number of carbonyl (C=O) groups is 1. The van der Waals surface area contributed by atoms with Gasteiger partial charge in [0.25, 0.3) is 0 Å². The van der Waals surface area contributed by atoms with Gasteiger partial charge in [-0.3, -0.25) is 4.79 Å². The Kier molecular flexibility index (Phi) is 3.44. The van der Waals surface area contributed by atoms with Crippen molar-refractivity contribution >= 4 is 17.6 Å². The molecule has 17 heavy (non-hydrogen) atoms. The summed E-state index contributed by atoms with van der Waals surface area (Å²) in [5.74, 6) is 1.38. The largest absolute Gasteiger partial charge is 0.493 e. The number of ether oxygens (including phenoxy) is 2. The highest BCUT2D eigenvalue weighted by Crippen LogP contribution is 2.33. The number of hydrogen-bond acceptors (Lipinski definition) is 4. The van der Waals surface area contributed by atoms with E-state index in [4.69, 9.17) is 9.47 Å². The third kappa shape index (κ3) is 2.31. The van der Waals surface area contributed by atoms with E-state index in [-0.39, 0.29) is 0 Å². The van der Waals surface area contributed by atoms with Crippen LogP contribution < -0.4 is 9.47 Å². The molecule has 0 fully saturated rings. The fraction of sp³-hybridized carbons (Fsp3) is 0.154. The first-order chi connectivity index (χ1) is 8.28. The molecule has 3 nitrogen and oxygen atoms in total. The molecular formula is C13H12O3S. The molecule has 0 atom stereocenters. The maximum atomic E-state index is 10.6. The smallest absolute Gasteiger partial charge is 0.161 e. The SMILES string of the molecule is COc1ccc(-c2csc(C=O)c2)cc1OC. The quantitative estimate of drug-likeness (QED) is 0.779. The number of carbonyl (C=O) groups excluding carboxylic acids is 1. The zero-order valence-corrected chi connectivity index (χ0v) is 10.4. The predicted octanol–water partition coefficient (Wildman–Crippen LogP) is 3.24. The van der Waals surface area contributed by atoms with Gasteiger partial charge in [0.1, 0.15) is 0 Å². The topological polar surface area (TPSA) is 35.5 Å². The second-order valence-electron chi connectivity index (χ2n) is 3.43. The first kappa shape index (κ1) is 11.7. The summed E-state index contributed by atoms with van der Waals surface area (Å²) >= 11 is 1.43. The van der Waals surface area contributed by atoms with Gasteiger partial charge in [0.2, 0.25) is 0 Å². The van der Waals surface area contributed by atoms with E-state index in [1.807, 2.05) is 29.6 Å². The molecule has 0 amide bonds. The standard InChI is InChI=1S/C13H12O3S/c1-15-12-4-3-9(6-13(12)16-2)10-5-11(7-14)17-8-10/h3-8H,1-2H3. The number of aldehydes is 1. The number of rotatable bonds is 4. The molecular weight excluding hydrogens is 236 g/mol. The van der Waals surface area contributed by atoms with Crippen molar-refractivity contribution in [2.24, 2.45) is 0 Å². The van der Waals surface area contributed by atoms with E-state index in [0.717, 1.165) is 22.3 Å². The lowest BCUT2D eigenvalue weighted by atomic mass is 10.1. The normalized spacial score (nSPS) is 10.0. The zero-order valence-electron chi connectivity index (χ0n) is 9.60. The summed E-state index contributed by atoms with van der Waals surface area (Å²) in [7, 11) is 3.21. The van der Waals surface area contributed by atoms with Crippen LogP contribution in [0.2, 0.25) is 0 Å². The van der Waals surface area contributed by atoms with Gasteiger partial charge in [-0.25, -0.2) is 0 Å². The minimum atomic E-state index is 0.684. The van der Waals surface area contributed by atoms with Crippen LogP contribution in [0.25, 0.3) is 11.1 Å². The van der Waals surface area contributed by atoms with Crippen molar-refractivity contribution in [1.82, 2.24) is 0 Å². The summed E-state index contributed by atoms with van der Waals surface area (Å²) < 4.78 is 10.4. The maximum absolute atomic E-state index is 10.6. The first-order valence-electron chi connectivity index (χ1n) is 5.04. The average molecular weight is 248 g/mol. The van der Waals surface area contributed by atoms with Crippen molar-refractivity contribution < 1.29 is 14.3 Å². The molecule has 0 bridgehead atoms.